The van der Waals surface area contributed by atoms with Crippen LogP contribution in [0, 0.1) is 17.8 Å². The molecule has 4 fully saturated rings. The molecule has 2 saturated heterocycles. The Hall–Kier alpha value is -0.0800. The van der Waals surface area contributed by atoms with Gasteiger partial charge in [-0.1, -0.05) is 0 Å². The maximum atomic E-state index is 3.79. The molecule has 0 spiro atoms. The van der Waals surface area contributed by atoms with Crippen LogP contribution < -0.4 is 5.32 Å². The van der Waals surface area contributed by atoms with E-state index in [9.17, 15) is 0 Å². The van der Waals surface area contributed by atoms with Gasteiger partial charge >= 0.3 is 0 Å². The summed E-state index contributed by atoms with van der Waals surface area (Å²) in [4.78, 5) is 2.84. The van der Waals surface area contributed by atoms with Crippen LogP contribution in [0.4, 0.5) is 0 Å². The quantitative estimate of drug-likeness (QED) is 0.758. The van der Waals surface area contributed by atoms with Crippen molar-refractivity contribution < 1.29 is 0 Å². The average Bonchev–Trinajstić information content (AvgIpc) is 3.22. The Bertz CT molecular complexity index is 269. The Morgan fingerprint density at radius 1 is 0.824 bits per heavy atom. The molecule has 0 radical (unpaired) electrons. The summed E-state index contributed by atoms with van der Waals surface area (Å²) in [6.45, 7) is 4.25. The zero-order valence-corrected chi connectivity index (χ0v) is 10.9. The Morgan fingerprint density at radius 3 is 2.00 bits per heavy atom. The number of nitrogens with zero attached hydrogens (tertiary/aromatic N) is 1. The molecule has 0 aromatic heterocycles. The van der Waals surface area contributed by atoms with E-state index in [0.29, 0.717) is 0 Å². The van der Waals surface area contributed by atoms with Gasteiger partial charge in [0.2, 0.25) is 0 Å². The normalized spacial score (nSPS) is 40.4. The van der Waals surface area contributed by atoms with Gasteiger partial charge in [-0.2, -0.15) is 0 Å². The summed E-state index contributed by atoms with van der Waals surface area (Å²) in [5.74, 6) is 3.12. The van der Waals surface area contributed by atoms with E-state index < -0.39 is 0 Å². The Kier molecular flexibility index (Phi) is 2.69. The van der Waals surface area contributed by atoms with Crippen molar-refractivity contribution in [2.75, 3.05) is 19.6 Å². The van der Waals surface area contributed by atoms with Gasteiger partial charge in [0.05, 0.1) is 0 Å². The largest absolute Gasteiger partial charge is 0.311 e. The van der Waals surface area contributed by atoms with E-state index in [1.54, 1.807) is 0 Å². The van der Waals surface area contributed by atoms with Crippen LogP contribution in [0.1, 0.15) is 44.9 Å². The number of fused-ring (bicyclic) bond motifs is 2. The fourth-order valence-corrected chi connectivity index (χ4v) is 4.03. The first-order chi connectivity index (χ1) is 8.37. The van der Waals surface area contributed by atoms with Crippen LogP contribution in [0.5, 0.6) is 0 Å². The van der Waals surface area contributed by atoms with E-state index in [2.05, 4.69) is 10.2 Å². The van der Waals surface area contributed by atoms with Gasteiger partial charge < -0.3 is 10.2 Å². The standard InChI is InChI=1S/C15H26N2/c1-2-11(1)8-17(9-12-3-4-12)10-13-7-14-5-6-15(13)16-14/h11-16H,1-10H2. The number of hydrogen-bond acceptors (Lipinski definition) is 2. The number of rotatable bonds is 6. The molecule has 1 N–H and O–H groups in total. The number of nitrogens with one attached hydrogen (secondary N) is 1. The topological polar surface area (TPSA) is 15.3 Å². The summed E-state index contributed by atoms with van der Waals surface area (Å²) in [6.07, 6.45) is 10.4. The Labute approximate surface area is 105 Å². The maximum Gasteiger partial charge on any atom is 0.0111 e. The summed E-state index contributed by atoms with van der Waals surface area (Å²) in [5, 5.41) is 3.79. The zero-order chi connectivity index (χ0) is 11.2. The summed E-state index contributed by atoms with van der Waals surface area (Å²) >= 11 is 0. The molecule has 96 valence electrons. The third-order valence-corrected chi connectivity index (χ3v) is 5.35. The van der Waals surface area contributed by atoms with Crippen molar-refractivity contribution in [3.8, 4) is 0 Å². The Balaban J connectivity index is 1.33. The van der Waals surface area contributed by atoms with Crippen LogP contribution in [0.2, 0.25) is 0 Å². The molecule has 3 atom stereocenters. The zero-order valence-electron chi connectivity index (χ0n) is 10.9. The third-order valence-electron chi connectivity index (χ3n) is 5.35. The smallest absolute Gasteiger partial charge is 0.0111 e. The van der Waals surface area contributed by atoms with E-state index in [4.69, 9.17) is 0 Å². The van der Waals surface area contributed by atoms with Crippen molar-refractivity contribution in [2.24, 2.45) is 17.8 Å². The minimum Gasteiger partial charge on any atom is -0.311 e. The van der Waals surface area contributed by atoms with Crippen LogP contribution in [-0.2, 0) is 0 Å². The van der Waals surface area contributed by atoms with Gasteiger partial charge in [0.25, 0.3) is 0 Å². The first kappa shape index (κ1) is 10.8. The van der Waals surface area contributed by atoms with Crippen molar-refractivity contribution >= 4 is 0 Å². The summed E-state index contributed by atoms with van der Waals surface area (Å²) in [5.41, 5.74) is 0. The molecule has 0 aromatic carbocycles. The van der Waals surface area contributed by atoms with Crippen molar-refractivity contribution in [2.45, 2.75) is 57.0 Å². The van der Waals surface area contributed by atoms with Gasteiger partial charge in [-0.15, -0.1) is 0 Å². The highest BCUT2D eigenvalue weighted by Gasteiger charge is 2.40. The second kappa shape index (κ2) is 4.24. The van der Waals surface area contributed by atoms with Crippen molar-refractivity contribution in [1.29, 1.82) is 0 Å². The highest BCUT2D eigenvalue weighted by atomic mass is 15.2. The lowest BCUT2D eigenvalue weighted by molar-refractivity contribution is 0.197. The van der Waals surface area contributed by atoms with Gasteiger partial charge in [0, 0.05) is 31.7 Å². The second-order valence-electron chi connectivity index (χ2n) is 7.15. The van der Waals surface area contributed by atoms with E-state index in [-0.39, 0.29) is 0 Å². The van der Waals surface area contributed by atoms with Crippen LogP contribution >= 0.6 is 0 Å². The van der Waals surface area contributed by atoms with E-state index in [1.807, 2.05) is 0 Å². The third kappa shape index (κ3) is 2.53. The van der Waals surface area contributed by atoms with Crippen molar-refractivity contribution in [3.63, 3.8) is 0 Å². The highest BCUT2D eigenvalue weighted by molar-refractivity contribution is 4.98. The predicted octanol–water partition coefficient (Wildman–Crippen LogP) is 2.25. The van der Waals surface area contributed by atoms with E-state index in [0.717, 1.165) is 29.8 Å². The average molecular weight is 234 g/mol. The van der Waals surface area contributed by atoms with Gasteiger partial charge in [-0.05, 0) is 62.7 Å². The minimum atomic E-state index is 0.876. The molecule has 0 amide bonds. The van der Waals surface area contributed by atoms with Crippen molar-refractivity contribution in [1.82, 2.24) is 10.2 Å². The lowest BCUT2D eigenvalue weighted by Crippen LogP contribution is -2.37. The van der Waals surface area contributed by atoms with Gasteiger partial charge in [-0.3, -0.25) is 0 Å². The molecular formula is C15H26N2. The molecular weight excluding hydrogens is 208 g/mol. The summed E-state index contributed by atoms with van der Waals surface area (Å²) in [7, 11) is 0. The molecule has 3 unspecified atom stereocenters. The van der Waals surface area contributed by atoms with Crippen LogP contribution in [0.3, 0.4) is 0 Å². The minimum absolute atomic E-state index is 0.876. The monoisotopic (exact) mass is 234 g/mol. The molecule has 2 aliphatic heterocycles. The molecule has 2 bridgehead atoms. The fourth-order valence-electron chi connectivity index (χ4n) is 4.03. The van der Waals surface area contributed by atoms with Crippen LogP contribution in [0.25, 0.3) is 0 Å². The van der Waals surface area contributed by atoms with Gasteiger partial charge in [0.1, 0.15) is 0 Å². The molecule has 0 aromatic rings. The van der Waals surface area contributed by atoms with E-state index in [1.165, 1.54) is 64.6 Å². The Morgan fingerprint density at radius 2 is 1.53 bits per heavy atom. The fraction of sp³-hybridized carbons (Fsp3) is 1.00. The summed E-state index contributed by atoms with van der Waals surface area (Å²) in [6, 6.07) is 1.76. The van der Waals surface area contributed by atoms with E-state index >= 15 is 0 Å². The first-order valence-corrected chi connectivity index (χ1v) is 7.85. The number of hydrogen-bond donors (Lipinski definition) is 1. The SMILES string of the molecule is C1CC1CN(CC1CC1)CC1CC2CCC1N2. The second-order valence-corrected chi connectivity index (χ2v) is 7.15. The van der Waals surface area contributed by atoms with Crippen LogP contribution in [-0.4, -0.2) is 36.6 Å². The highest BCUT2D eigenvalue weighted by Crippen LogP contribution is 2.37. The molecule has 2 heteroatoms. The van der Waals surface area contributed by atoms with Gasteiger partial charge in [0.15, 0.2) is 0 Å². The predicted molar refractivity (Wildman–Crippen MR) is 69.9 cm³/mol. The molecule has 2 heterocycles. The van der Waals surface area contributed by atoms with Gasteiger partial charge in [-0.25, -0.2) is 0 Å². The van der Waals surface area contributed by atoms with Crippen molar-refractivity contribution in [3.05, 3.63) is 0 Å². The maximum absolute atomic E-state index is 3.79. The molecule has 2 aliphatic carbocycles. The first-order valence-electron chi connectivity index (χ1n) is 7.85. The molecule has 2 nitrogen and oxygen atoms in total. The lowest BCUT2D eigenvalue weighted by atomic mass is 9.88. The van der Waals surface area contributed by atoms with Crippen LogP contribution in [0.15, 0.2) is 0 Å². The molecule has 4 rings (SSSR count). The lowest BCUT2D eigenvalue weighted by Gasteiger charge is -2.29. The summed E-state index contributed by atoms with van der Waals surface area (Å²) < 4.78 is 0. The molecule has 17 heavy (non-hydrogen) atoms. The molecule has 2 saturated carbocycles. The molecule has 4 aliphatic rings.